The third-order valence-corrected chi connectivity index (χ3v) is 4.37. The van der Waals surface area contributed by atoms with Gasteiger partial charge in [-0.1, -0.05) is 48.5 Å². The molecule has 4 nitrogen and oxygen atoms in total. The SMILES string of the molecule is Cc1ccccc1NC(=O)c1cc2ccccc2oc1=Nc1ccccc1F. The summed E-state index contributed by atoms with van der Waals surface area (Å²) in [6, 6.07) is 22.6. The second kappa shape index (κ2) is 7.48. The molecule has 0 saturated heterocycles. The molecular formula is C23H17FN2O2. The van der Waals surface area contributed by atoms with Crippen LogP contribution < -0.4 is 10.9 Å². The summed E-state index contributed by atoms with van der Waals surface area (Å²) in [7, 11) is 0. The first-order valence-electron chi connectivity index (χ1n) is 8.81. The van der Waals surface area contributed by atoms with Gasteiger partial charge in [-0.25, -0.2) is 9.38 Å². The highest BCUT2D eigenvalue weighted by Crippen LogP contribution is 2.19. The van der Waals surface area contributed by atoms with E-state index in [-0.39, 0.29) is 22.7 Å². The first kappa shape index (κ1) is 17.7. The van der Waals surface area contributed by atoms with Gasteiger partial charge in [0.15, 0.2) is 0 Å². The highest BCUT2D eigenvalue weighted by Gasteiger charge is 2.14. The summed E-state index contributed by atoms with van der Waals surface area (Å²) in [6.45, 7) is 1.91. The molecule has 3 aromatic carbocycles. The maximum atomic E-state index is 14.1. The van der Waals surface area contributed by atoms with Crippen molar-refractivity contribution in [3.8, 4) is 0 Å². The van der Waals surface area contributed by atoms with Crippen molar-refractivity contribution in [3.63, 3.8) is 0 Å². The van der Waals surface area contributed by atoms with Crippen molar-refractivity contribution in [2.24, 2.45) is 4.99 Å². The van der Waals surface area contributed by atoms with Crippen molar-refractivity contribution < 1.29 is 13.6 Å². The number of amides is 1. The molecule has 1 heterocycles. The van der Waals surface area contributed by atoms with Gasteiger partial charge in [0.1, 0.15) is 22.7 Å². The van der Waals surface area contributed by atoms with Crippen LogP contribution in [0.5, 0.6) is 0 Å². The zero-order chi connectivity index (χ0) is 19.5. The molecule has 0 spiro atoms. The molecule has 5 heteroatoms. The average molecular weight is 372 g/mol. The summed E-state index contributed by atoms with van der Waals surface area (Å²) < 4.78 is 19.9. The van der Waals surface area contributed by atoms with Gasteiger partial charge in [-0.2, -0.15) is 0 Å². The molecule has 1 amide bonds. The van der Waals surface area contributed by atoms with E-state index in [9.17, 15) is 9.18 Å². The fourth-order valence-corrected chi connectivity index (χ4v) is 2.87. The molecule has 1 N–H and O–H groups in total. The topological polar surface area (TPSA) is 54.6 Å². The molecule has 0 aliphatic carbocycles. The number of rotatable bonds is 3. The third kappa shape index (κ3) is 3.55. The van der Waals surface area contributed by atoms with Crippen LogP contribution in [0.4, 0.5) is 15.8 Å². The lowest BCUT2D eigenvalue weighted by Crippen LogP contribution is -2.22. The number of aryl methyl sites for hydroxylation is 1. The number of nitrogens with one attached hydrogen (secondary N) is 1. The lowest BCUT2D eigenvalue weighted by Gasteiger charge is -2.09. The molecule has 0 unspecified atom stereocenters. The van der Waals surface area contributed by atoms with Gasteiger partial charge >= 0.3 is 0 Å². The summed E-state index contributed by atoms with van der Waals surface area (Å²) in [5, 5.41) is 3.63. The number of fused-ring (bicyclic) bond motifs is 1. The minimum absolute atomic E-state index is 0.0508. The van der Waals surface area contributed by atoms with Crippen LogP contribution in [0.15, 0.2) is 88.3 Å². The third-order valence-electron chi connectivity index (χ3n) is 4.37. The van der Waals surface area contributed by atoms with Crippen LogP contribution in [-0.4, -0.2) is 5.91 Å². The Kier molecular flexibility index (Phi) is 4.72. The Morgan fingerprint density at radius 2 is 1.68 bits per heavy atom. The Hall–Kier alpha value is -3.73. The number of nitrogens with zero attached hydrogens (tertiary/aromatic N) is 1. The van der Waals surface area contributed by atoms with Crippen LogP contribution in [0.2, 0.25) is 0 Å². The summed E-state index contributed by atoms with van der Waals surface area (Å²) in [5.74, 6) is -0.866. The Morgan fingerprint density at radius 1 is 0.964 bits per heavy atom. The number of benzene rings is 3. The summed E-state index contributed by atoms with van der Waals surface area (Å²) in [5.41, 5.74) is 2.57. The fraction of sp³-hybridized carbons (Fsp3) is 0.0435. The van der Waals surface area contributed by atoms with Crippen molar-refractivity contribution in [1.29, 1.82) is 0 Å². The van der Waals surface area contributed by atoms with Crippen LogP contribution in [0.3, 0.4) is 0 Å². The Bertz CT molecular complexity index is 1240. The fourth-order valence-electron chi connectivity index (χ4n) is 2.87. The first-order valence-corrected chi connectivity index (χ1v) is 8.81. The molecule has 0 aliphatic rings. The molecule has 0 bridgehead atoms. The molecule has 138 valence electrons. The lowest BCUT2D eigenvalue weighted by molar-refractivity contribution is 0.102. The molecule has 4 aromatic rings. The number of halogens is 1. The molecule has 4 rings (SSSR count). The second-order valence-corrected chi connectivity index (χ2v) is 6.34. The van der Waals surface area contributed by atoms with Crippen LogP contribution in [0.25, 0.3) is 11.0 Å². The number of para-hydroxylation sites is 3. The van der Waals surface area contributed by atoms with E-state index in [1.54, 1.807) is 24.3 Å². The highest BCUT2D eigenvalue weighted by atomic mass is 19.1. The van der Waals surface area contributed by atoms with E-state index >= 15 is 0 Å². The predicted molar refractivity (Wildman–Crippen MR) is 107 cm³/mol. The summed E-state index contributed by atoms with van der Waals surface area (Å²) in [6.07, 6.45) is 0. The minimum Gasteiger partial charge on any atom is -0.438 e. The maximum Gasteiger partial charge on any atom is 0.261 e. The Balaban J connectivity index is 1.87. The number of carbonyl (C=O) groups is 1. The lowest BCUT2D eigenvalue weighted by atomic mass is 10.1. The first-order chi connectivity index (χ1) is 13.6. The van der Waals surface area contributed by atoms with Crippen molar-refractivity contribution in [1.82, 2.24) is 0 Å². The van der Waals surface area contributed by atoms with E-state index in [0.29, 0.717) is 11.3 Å². The van der Waals surface area contributed by atoms with Gasteiger partial charge < -0.3 is 9.73 Å². The quantitative estimate of drug-likeness (QED) is 0.526. The number of hydrogen-bond donors (Lipinski definition) is 1. The van der Waals surface area contributed by atoms with Gasteiger partial charge in [0.2, 0.25) is 5.55 Å². The maximum absolute atomic E-state index is 14.1. The number of anilines is 1. The van der Waals surface area contributed by atoms with Crippen LogP contribution in [0, 0.1) is 12.7 Å². The molecule has 28 heavy (non-hydrogen) atoms. The van der Waals surface area contributed by atoms with Gasteiger partial charge in [0, 0.05) is 11.1 Å². The van der Waals surface area contributed by atoms with Gasteiger partial charge in [-0.05, 0) is 42.8 Å². The molecule has 0 radical (unpaired) electrons. The van der Waals surface area contributed by atoms with E-state index in [2.05, 4.69) is 10.3 Å². The Labute approximate surface area is 161 Å². The van der Waals surface area contributed by atoms with Crippen molar-refractivity contribution >= 4 is 28.3 Å². The highest BCUT2D eigenvalue weighted by molar-refractivity contribution is 6.05. The average Bonchev–Trinajstić information content (AvgIpc) is 2.71. The zero-order valence-corrected chi connectivity index (χ0v) is 15.1. The number of carbonyl (C=O) groups excluding carboxylic acids is 1. The van der Waals surface area contributed by atoms with Crippen LogP contribution in [0.1, 0.15) is 15.9 Å². The van der Waals surface area contributed by atoms with E-state index in [1.807, 2.05) is 49.4 Å². The molecule has 0 fully saturated rings. The molecule has 0 aliphatic heterocycles. The Morgan fingerprint density at radius 3 is 2.50 bits per heavy atom. The van der Waals surface area contributed by atoms with Crippen molar-refractivity contribution in [3.05, 3.63) is 101 Å². The van der Waals surface area contributed by atoms with Gasteiger partial charge in [-0.3, -0.25) is 4.79 Å². The van der Waals surface area contributed by atoms with Crippen LogP contribution in [-0.2, 0) is 0 Å². The zero-order valence-electron chi connectivity index (χ0n) is 15.1. The van der Waals surface area contributed by atoms with Gasteiger partial charge in [0.05, 0.1) is 0 Å². The van der Waals surface area contributed by atoms with E-state index in [1.165, 1.54) is 12.1 Å². The van der Waals surface area contributed by atoms with Gasteiger partial charge in [0.25, 0.3) is 5.91 Å². The molecule has 1 aromatic heterocycles. The van der Waals surface area contributed by atoms with Gasteiger partial charge in [-0.15, -0.1) is 0 Å². The number of hydrogen-bond acceptors (Lipinski definition) is 3. The summed E-state index contributed by atoms with van der Waals surface area (Å²) in [4.78, 5) is 17.3. The largest absolute Gasteiger partial charge is 0.438 e. The second-order valence-electron chi connectivity index (χ2n) is 6.34. The monoisotopic (exact) mass is 372 g/mol. The summed E-state index contributed by atoms with van der Waals surface area (Å²) >= 11 is 0. The molecular weight excluding hydrogens is 355 g/mol. The van der Waals surface area contributed by atoms with E-state index < -0.39 is 5.82 Å². The normalized spacial score (nSPS) is 11.6. The smallest absolute Gasteiger partial charge is 0.261 e. The van der Waals surface area contributed by atoms with E-state index in [0.717, 1.165) is 10.9 Å². The van der Waals surface area contributed by atoms with Crippen molar-refractivity contribution in [2.45, 2.75) is 6.92 Å². The molecule has 0 atom stereocenters. The minimum atomic E-state index is -0.490. The molecule has 0 saturated carbocycles. The van der Waals surface area contributed by atoms with Crippen LogP contribution >= 0.6 is 0 Å². The predicted octanol–water partition coefficient (Wildman–Crippen LogP) is 5.37. The van der Waals surface area contributed by atoms with Crippen molar-refractivity contribution in [2.75, 3.05) is 5.32 Å². The standard InChI is InChI=1S/C23H17FN2O2/c1-15-8-2-5-11-19(15)25-22(27)17-14-16-9-3-7-13-21(16)28-23(17)26-20-12-6-4-10-18(20)24/h2-14H,1H3,(H,25,27). The van der Waals surface area contributed by atoms with E-state index in [4.69, 9.17) is 4.42 Å².